The van der Waals surface area contributed by atoms with Crippen LogP contribution < -0.4 is 9.80 Å². The molecule has 0 bridgehead atoms. The molecule has 2 fully saturated rings. The van der Waals surface area contributed by atoms with Crippen LogP contribution in [0.1, 0.15) is 44.6 Å². The number of piperidine rings is 1. The van der Waals surface area contributed by atoms with Gasteiger partial charge in [0.25, 0.3) is 5.91 Å². The minimum absolute atomic E-state index is 0.0799. The van der Waals surface area contributed by atoms with E-state index in [2.05, 4.69) is 14.8 Å². The Hall–Kier alpha value is -4.08. The number of pyridine rings is 1. The van der Waals surface area contributed by atoms with Gasteiger partial charge in [0.1, 0.15) is 23.1 Å². The summed E-state index contributed by atoms with van der Waals surface area (Å²) in [5.41, 5.74) is 1.38. The Morgan fingerprint density at radius 1 is 1.00 bits per heavy atom. The highest BCUT2D eigenvalue weighted by molar-refractivity contribution is 5.84. The number of hydrogen-bond donors (Lipinski definition) is 0. The van der Waals surface area contributed by atoms with Gasteiger partial charge in [-0.1, -0.05) is 18.2 Å². The molecular weight excluding hydrogens is 524 g/mol. The van der Waals surface area contributed by atoms with Crippen molar-refractivity contribution in [2.45, 2.75) is 50.7 Å². The Bertz CT molecular complexity index is 1570. The molecule has 1 aromatic carbocycles. The number of nitrogens with zero attached hydrogens (tertiary/aromatic N) is 7. The van der Waals surface area contributed by atoms with Crippen LogP contribution in [0, 0.1) is 5.82 Å². The summed E-state index contributed by atoms with van der Waals surface area (Å²) in [4.78, 5) is 27.9. The van der Waals surface area contributed by atoms with Crippen LogP contribution in [0.2, 0.25) is 0 Å². The van der Waals surface area contributed by atoms with Crippen LogP contribution in [0.15, 0.2) is 60.8 Å². The summed E-state index contributed by atoms with van der Waals surface area (Å²) in [6, 6.07) is 16.6. The van der Waals surface area contributed by atoms with E-state index in [1.165, 1.54) is 24.8 Å². The second-order valence-electron chi connectivity index (χ2n) is 11.6. The number of likely N-dealkylation sites (N-methyl/N-ethyl adjacent to an activating group) is 1. The maximum absolute atomic E-state index is 14.3. The van der Waals surface area contributed by atoms with E-state index in [9.17, 15) is 13.6 Å². The first-order valence-electron chi connectivity index (χ1n) is 14.2. The molecule has 214 valence electrons. The van der Waals surface area contributed by atoms with Crippen LogP contribution >= 0.6 is 0 Å². The van der Waals surface area contributed by atoms with Crippen molar-refractivity contribution in [3.8, 4) is 11.4 Å². The molecule has 8 nitrogen and oxygen atoms in total. The van der Waals surface area contributed by atoms with E-state index in [4.69, 9.17) is 10.1 Å². The first kappa shape index (κ1) is 27.1. The number of benzene rings is 1. The molecule has 2 saturated heterocycles. The Kier molecular flexibility index (Phi) is 7.09. The number of rotatable bonds is 6. The van der Waals surface area contributed by atoms with Gasteiger partial charge >= 0.3 is 0 Å². The van der Waals surface area contributed by atoms with Crippen LogP contribution in [0.5, 0.6) is 0 Å². The molecule has 10 heteroatoms. The van der Waals surface area contributed by atoms with Crippen molar-refractivity contribution in [2.24, 2.45) is 0 Å². The lowest BCUT2D eigenvalue weighted by Gasteiger charge is -2.33. The van der Waals surface area contributed by atoms with Gasteiger partial charge in [-0.05, 0) is 75.1 Å². The fraction of sp³-hybridized carbons (Fsp3) is 0.419. The molecule has 2 aliphatic heterocycles. The van der Waals surface area contributed by atoms with Crippen LogP contribution in [0.4, 0.5) is 20.4 Å². The number of hydrogen-bond acceptors (Lipinski definition) is 6. The van der Waals surface area contributed by atoms with E-state index in [0.717, 1.165) is 73.1 Å². The summed E-state index contributed by atoms with van der Waals surface area (Å²) in [6.07, 6.45) is 4.55. The van der Waals surface area contributed by atoms with Gasteiger partial charge in [0.2, 0.25) is 0 Å². The number of aromatic nitrogens is 4. The zero-order valence-electron chi connectivity index (χ0n) is 23.7. The third kappa shape index (κ3) is 5.47. The number of carbonyl (C=O) groups is 1. The molecule has 0 saturated carbocycles. The van der Waals surface area contributed by atoms with Crippen molar-refractivity contribution in [2.75, 3.05) is 43.0 Å². The molecule has 1 amide bonds. The molecule has 3 aromatic heterocycles. The smallest absolute Gasteiger partial charge is 0.259 e. The van der Waals surface area contributed by atoms with Crippen molar-refractivity contribution in [1.29, 1.82) is 0 Å². The molecule has 2 aliphatic rings. The zero-order valence-corrected chi connectivity index (χ0v) is 23.7. The predicted molar refractivity (Wildman–Crippen MR) is 155 cm³/mol. The molecule has 5 heterocycles. The predicted octanol–water partition coefficient (Wildman–Crippen LogP) is 5.10. The second-order valence-corrected chi connectivity index (χ2v) is 11.6. The van der Waals surface area contributed by atoms with Gasteiger partial charge in [0.05, 0.1) is 17.9 Å². The summed E-state index contributed by atoms with van der Waals surface area (Å²) < 4.78 is 30.0. The highest BCUT2D eigenvalue weighted by atomic mass is 19.1. The third-order valence-corrected chi connectivity index (χ3v) is 8.27. The molecule has 4 aromatic rings. The van der Waals surface area contributed by atoms with Gasteiger partial charge in [-0.15, -0.1) is 5.10 Å². The first-order chi connectivity index (χ1) is 19.7. The van der Waals surface area contributed by atoms with Crippen molar-refractivity contribution in [3.05, 3.63) is 72.2 Å². The molecule has 2 atom stereocenters. The van der Waals surface area contributed by atoms with Gasteiger partial charge < -0.3 is 14.7 Å². The quantitative estimate of drug-likeness (QED) is 0.328. The lowest BCUT2D eigenvalue weighted by molar-refractivity contribution is -0.142. The van der Waals surface area contributed by atoms with Crippen molar-refractivity contribution in [3.63, 3.8) is 0 Å². The van der Waals surface area contributed by atoms with Crippen LogP contribution in [0.25, 0.3) is 17.0 Å². The largest absolute Gasteiger partial charge is 0.355 e. The number of fused-ring (bicyclic) bond motifs is 1. The summed E-state index contributed by atoms with van der Waals surface area (Å²) in [7, 11) is 1.67. The van der Waals surface area contributed by atoms with E-state index < -0.39 is 11.6 Å². The Morgan fingerprint density at radius 2 is 1.80 bits per heavy atom. The molecular formula is C31H35F2N7O. The minimum Gasteiger partial charge on any atom is -0.355 e. The fourth-order valence-corrected chi connectivity index (χ4v) is 6.02. The van der Waals surface area contributed by atoms with E-state index >= 15 is 0 Å². The Morgan fingerprint density at radius 3 is 2.61 bits per heavy atom. The summed E-state index contributed by atoms with van der Waals surface area (Å²) in [5, 5.41) is 4.96. The second kappa shape index (κ2) is 10.7. The topological polar surface area (TPSA) is 69.9 Å². The number of halogens is 2. The van der Waals surface area contributed by atoms with Crippen LogP contribution in [-0.4, -0.2) is 75.3 Å². The highest BCUT2D eigenvalue weighted by Gasteiger charge is 2.36. The number of imidazole rings is 1. The van der Waals surface area contributed by atoms with E-state index in [1.54, 1.807) is 25.4 Å². The van der Waals surface area contributed by atoms with Crippen LogP contribution in [-0.2, 0) is 4.79 Å². The normalized spacial score (nSPS) is 19.6. The first-order valence-corrected chi connectivity index (χ1v) is 14.2. The molecule has 6 rings (SSSR count). The molecule has 0 radical (unpaired) electrons. The van der Waals surface area contributed by atoms with Crippen molar-refractivity contribution < 1.29 is 13.6 Å². The number of amides is 1. The van der Waals surface area contributed by atoms with Crippen molar-refractivity contribution in [1.82, 2.24) is 24.5 Å². The zero-order chi connectivity index (χ0) is 28.7. The average Bonchev–Trinajstić information content (AvgIpc) is 3.64. The maximum atomic E-state index is 14.3. The van der Waals surface area contributed by atoms with Gasteiger partial charge in [-0.25, -0.2) is 23.3 Å². The van der Waals surface area contributed by atoms with Crippen LogP contribution in [0.3, 0.4) is 0 Å². The highest BCUT2D eigenvalue weighted by Crippen LogP contribution is 2.31. The third-order valence-electron chi connectivity index (χ3n) is 8.27. The monoisotopic (exact) mass is 559 g/mol. The van der Waals surface area contributed by atoms with Gasteiger partial charge in [-0.2, -0.15) is 0 Å². The van der Waals surface area contributed by atoms with E-state index in [0.29, 0.717) is 6.54 Å². The lowest BCUT2D eigenvalue weighted by Crippen LogP contribution is -2.46. The van der Waals surface area contributed by atoms with E-state index in [1.807, 2.05) is 40.9 Å². The summed E-state index contributed by atoms with van der Waals surface area (Å²) in [5.74, 6) is 1.18. The molecule has 41 heavy (non-hydrogen) atoms. The lowest BCUT2D eigenvalue weighted by atomic mass is 9.90. The average molecular weight is 560 g/mol. The standard InChI is InChI=1S/C31H35F2N7O/c1-31(2,33)30(41)37(3)24-14-16-39(20-24)28-11-5-10-25(35-28)26-18-34-27-12-13-29(36-40(26)27)38-15-6-8-22(19-38)21-7-4-9-23(32)17-21/h4-5,7,9-13,17-18,22,24H,6,8,14-16,19-20H2,1-3H3. The van der Waals surface area contributed by atoms with Crippen molar-refractivity contribution >= 4 is 23.2 Å². The molecule has 0 N–H and O–H groups in total. The minimum atomic E-state index is -1.90. The molecule has 0 spiro atoms. The Balaban J connectivity index is 1.22. The molecule has 2 unspecified atom stereocenters. The number of anilines is 2. The number of alkyl halides is 1. The summed E-state index contributed by atoms with van der Waals surface area (Å²) in [6.45, 7) is 5.56. The van der Waals surface area contributed by atoms with Gasteiger partial charge in [0, 0.05) is 39.1 Å². The maximum Gasteiger partial charge on any atom is 0.259 e. The molecule has 0 aliphatic carbocycles. The Labute approximate surface area is 238 Å². The van der Waals surface area contributed by atoms with Gasteiger partial charge in [0.15, 0.2) is 11.3 Å². The number of carbonyl (C=O) groups excluding carboxylic acids is 1. The SMILES string of the molecule is CN(C(=O)C(C)(C)F)C1CCN(c2cccc(-c3cnc4ccc(N5CCCC(c6cccc(F)c6)C5)nn34)n2)C1. The van der Waals surface area contributed by atoms with Gasteiger partial charge in [-0.3, -0.25) is 4.79 Å². The van der Waals surface area contributed by atoms with E-state index in [-0.39, 0.29) is 17.8 Å². The fourth-order valence-electron chi connectivity index (χ4n) is 6.02. The summed E-state index contributed by atoms with van der Waals surface area (Å²) >= 11 is 0.